The first-order valence-corrected chi connectivity index (χ1v) is 3.76. The highest BCUT2D eigenvalue weighted by Gasteiger charge is 2.18. The lowest BCUT2D eigenvalue weighted by Crippen LogP contribution is -2.37. The van der Waals surface area contributed by atoms with Crippen molar-refractivity contribution in [1.29, 1.82) is 0 Å². The van der Waals surface area contributed by atoms with Crippen LogP contribution in [0, 0.1) is 5.92 Å². The zero-order valence-electron chi connectivity index (χ0n) is 7.05. The van der Waals surface area contributed by atoms with Gasteiger partial charge in [0.05, 0.1) is 0 Å². The maximum absolute atomic E-state index is 10.2. The second-order valence-electron chi connectivity index (χ2n) is 3.33. The minimum Gasteiger partial charge on any atom is -0.325 e. The van der Waals surface area contributed by atoms with E-state index >= 15 is 0 Å². The third-order valence-electron chi connectivity index (χ3n) is 1.83. The van der Waals surface area contributed by atoms with E-state index in [1.165, 1.54) is 0 Å². The van der Waals surface area contributed by atoms with E-state index in [1.807, 2.05) is 20.8 Å². The summed E-state index contributed by atoms with van der Waals surface area (Å²) in [4.78, 5) is 10.2. The number of hydrogen-bond acceptors (Lipinski definition) is 2. The Morgan fingerprint density at radius 2 is 2.20 bits per heavy atom. The second-order valence-corrected chi connectivity index (χ2v) is 3.33. The maximum Gasteiger partial charge on any atom is 0.122 e. The van der Waals surface area contributed by atoms with Crippen molar-refractivity contribution in [3.05, 3.63) is 0 Å². The molecule has 0 aromatic rings. The monoisotopic (exact) mass is 143 g/mol. The molecule has 0 amide bonds. The molecular formula is C8H17NO. The van der Waals surface area contributed by atoms with Crippen molar-refractivity contribution in [2.24, 2.45) is 11.7 Å². The van der Waals surface area contributed by atoms with Gasteiger partial charge in [0.15, 0.2) is 0 Å². The quantitative estimate of drug-likeness (QED) is 0.603. The van der Waals surface area contributed by atoms with E-state index in [9.17, 15) is 4.79 Å². The van der Waals surface area contributed by atoms with Crippen molar-refractivity contribution in [2.45, 2.75) is 39.2 Å². The van der Waals surface area contributed by atoms with Gasteiger partial charge in [0.1, 0.15) is 6.29 Å². The summed E-state index contributed by atoms with van der Waals surface area (Å²) in [6.07, 6.45) is 2.67. The van der Waals surface area contributed by atoms with E-state index in [0.29, 0.717) is 0 Å². The van der Waals surface area contributed by atoms with Crippen LogP contribution in [0.2, 0.25) is 0 Å². The average Bonchev–Trinajstić information content (AvgIpc) is 1.87. The molecule has 60 valence electrons. The van der Waals surface area contributed by atoms with Crippen LogP contribution in [-0.4, -0.2) is 11.8 Å². The molecule has 2 atom stereocenters. The third-order valence-corrected chi connectivity index (χ3v) is 1.83. The van der Waals surface area contributed by atoms with Gasteiger partial charge in [0, 0.05) is 11.5 Å². The Labute approximate surface area is 62.8 Å². The highest BCUT2D eigenvalue weighted by atomic mass is 16.1. The van der Waals surface area contributed by atoms with Crippen molar-refractivity contribution >= 4 is 6.29 Å². The van der Waals surface area contributed by atoms with Crippen LogP contribution in [0.25, 0.3) is 0 Å². The van der Waals surface area contributed by atoms with Crippen molar-refractivity contribution in [2.75, 3.05) is 0 Å². The lowest BCUT2D eigenvalue weighted by atomic mass is 9.89. The first kappa shape index (κ1) is 9.63. The molecule has 0 aromatic heterocycles. The summed E-state index contributed by atoms with van der Waals surface area (Å²) in [6, 6.07) is 0. The van der Waals surface area contributed by atoms with Gasteiger partial charge in [-0.1, -0.05) is 13.8 Å². The highest BCUT2D eigenvalue weighted by Crippen LogP contribution is 2.15. The van der Waals surface area contributed by atoms with Gasteiger partial charge >= 0.3 is 0 Å². The lowest BCUT2D eigenvalue weighted by Gasteiger charge is -2.23. The Balaban J connectivity index is 3.75. The van der Waals surface area contributed by atoms with Gasteiger partial charge in [0.25, 0.3) is 0 Å². The molecule has 0 spiro atoms. The van der Waals surface area contributed by atoms with E-state index in [-0.39, 0.29) is 11.5 Å². The first-order valence-electron chi connectivity index (χ1n) is 3.76. The molecule has 0 aliphatic rings. The molecule has 10 heavy (non-hydrogen) atoms. The summed E-state index contributed by atoms with van der Waals surface area (Å²) in [5.74, 6) is 0.0925. The van der Waals surface area contributed by atoms with Gasteiger partial charge in [-0.3, -0.25) is 0 Å². The van der Waals surface area contributed by atoms with Crippen LogP contribution in [0.15, 0.2) is 0 Å². The largest absolute Gasteiger partial charge is 0.325 e. The molecule has 0 bridgehead atoms. The summed E-state index contributed by atoms with van der Waals surface area (Å²) < 4.78 is 0. The molecule has 0 aliphatic carbocycles. The van der Waals surface area contributed by atoms with E-state index < -0.39 is 0 Å². The van der Waals surface area contributed by atoms with Crippen LogP contribution in [0.5, 0.6) is 0 Å². The summed E-state index contributed by atoms with van der Waals surface area (Å²) in [7, 11) is 0. The van der Waals surface area contributed by atoms with Crippen molar-refractivity contribution in [3.8, 4) is 0 Å². The molecule has 0 aromatic carbocycles. The molecule has 0 radical (unpaired) electrons. The molecule has 2 nitrogen and oxygen atoms in total. The van der Waals surface area contributed by atoms with Crippen molar-refractivity contribution in [1.82, 2.24) is 0 Å². The van der Waals surface area contributed by atoms with Crippen molar-refractivity contribution in [3.63, 3.8) is 0 Å². The van der Waals surface area contributed by atoms with E-state index in [4.69, 9.17) is 5.73 Å². The summed E-state index contributed by atoms with van der Waals surface area (Å²) in [5, 5.41) is 0. The summed E-state index contributed by atoms with van der Waals surface area (Å²) >= 11 is 0. The van der Waals surface area contributed by atoms with E-state index in [0.717, 1.165) is 19.1 Å². The molecule has 2 heteroatoms. The van der Waals surface area contributed by atoms with Gasteiger partial charge in [-0.25, -0.2) is 0 Å². The van der Waals surface area contributed by atoms with E-state index in [1.54, 1.807) is 0 Å². The number of nitrogens with two attached hydrogens (primary N) is 1. The molecule has 2 N–H and O–H groups in total. The van der Waals surface area contributed by atoms with Crippen LogP contribution >= 0.6 is 0 Å². The van der Waals surface area contributed by atoms with Gasteiger partial charge in [-0.05, 0) is 19.8 Å². The fraction of sp³-hybridized carbons (Fsp3) is 0.875. The fourth-order valence-electron chi connectivity index (χ4n) is 0.928. The van der Waals surface area contributed by atoms with E-state index in [2.05, 4.69) is 0 Å². The standard InChI is InChI=1S/C8H17NO/c1-4-8(3,9)5-7(2)6-10/h6-7H,4-5,9H2,1-3H3. The Kier molecular flexibility index (Phi) is 3.58. The summed E-state index contributed by atoms with van der Waals surface area (Å²) in [6.45, 7) is 5.91. The molecule has 0 saturated heterocycles. The number of carbonyl (C=O) groups is 1. The predicted molar refractivity (Wildman–Crippen MR) is 42.7 cm³/mol. The second kappa shape index (κ2) is 3.71. The number of aldehydes is 1. The molecular weight excluding hydrogens is 126 g/mol. The Morgan fingerprint density at radius 3 is 2.50 bits per heavy atom. The fourth-order valence-corrected chi connectivity index (χ4v) is 0.928. The molecule has 2 unspecified atom stereocenters. The minimum absolute atomic E-state index is 0.0925. The highest BCUT2D eigenvalue weighted by molar-refractivity contribution is 5.52. The SMILES string of the molecule is CCC(C)(N)CC(C)C=O. The van der Waals surface area contributed by atoms with Gasteiger partial charge < -0.3 is 10.5 Å². The lowest BCUT2D eigenvalue weighted by molar-refractivity contribution is -0.111. The maximum atomic E-state index is 10.2. The van der Waals surface area contributed by atoms with Gasteiger partial charge in [0.2, 0.25) is 0 Å². The van der Waals surface area contributed by atoms with Crippen LogP contribution in [0.1, 0.15) is 33.6 Å². The Bertz CT molecular complexity index is 110. The summed E-state index contributed by atoms with van der Waals surface area (Å²) in [5.41, 5.74) is 5.67. The molecule has 0 saturated carbocycles. The number of hydrogen-bond donors (Lipinski definition) is 1. The van der Waals surface area contributed by atoms with Crippen LogP contribution in [0.4, 0.5) is 0 Å². The Hall–Kier alpha value is -0.370. The van der Waals surface area contributed by atoms with Crippen molar-refractivity contribution < 1.29 is 4.79 Å². The minimum atomic E-state index is -0.166. The first-order chi connectivity index (χ1) is 4.52. The van der Waals surface area contributed by atoms with Gasteiger partial charge in [-0.15, -0.1) is 0 Å². The Morgan fingerprint density at radius 1 is 1.70 bits per heavy atom. The number of carbonyl (C=O) groups excluding carboxylic acids is 1. The molecule has 0 fully saturated rings. The van der Waals surface area contributed by atoms with Crippen LogP contribution in [0.3, 0.4) is 0 Å². The molecule has 0 rings (SSSR count). The normalized spacial score (nSPS) is 19.6. The van der Waals surface area contributed by atoms with Crippen LogP contribution < -0.4 is 5.73 Å². The topological polar surface area (TPSA) is 43.1 Å². The zero-order chi connectivity index (χ0) is 8.20. The zero-order valence-corrected chi connectivity index (χ0v) is 7.05. The third kappa shape index (κ3) is 3.62. The van der Waals surface area contributed by atoms with Crippen LogP contribution in [-0.2, 0) is 4.79 Å². The predicted octanol–water partition coefficient (Wildman–Crippen LogP) is 1.34. The van der Waals surface area contributed by atoms with Gasteiger partial charge in [-0.2, -0.15) is 0 Å². The smallest absolute Gasteiger partial charge is 0.122 e. The number of rotatable bonds is 4. The molecule has 0 heterocycles. The average molecular weight is 143 g/mol. The molecule has 0 aliphatic heterocycles.